The predicted molar refractivity (Wildman–Crippen MR) is 33.5 cm³/mol. The van der Waals surface area contributed by atoms with Crippen molar-refractivity contribution in [3.8, 4) is 0 Å². The van der Waals surface area contributed by atoms with E-state index in [0.717, 1.165) is 0 Å². The third-order valence-electron chi connectivity index (χ3n) is 0.395. The van der Waals surface area contributed by atoms with E-state index < -0.39 is 15.6 Å². The van der Waals surface area contributed by atoms with E-state index in [4.69, 9.17) is 26.1 Å². The Morgan fingerprint density at radius 2 is 1.31 bits per heavy atom. The molecule has 0 amide bonds. The molecule has 0 heterocycles. The van der Waals surface area contributed by atoms with Crippen LogP contribution < -0.4 is 0 Å². The van der Waals surface area contributed by atoms with E-state index >= 15 is 0 Å². The van der Waals surface area contributed by atoms with Gasteiger partial charge in [-0.15, -0.1) is 0 Å². The third kappa shape index (κ3) is 11.8. The van der Waals surface area contributed by atoms with Gasteiger partial charge < -0.3 is 29.9 Å². The van der Waals surface area contributed by atoms with Crippen molar-refractivity contribution in [3.05, 3.63) is 25.3 Å². The Kier molecular flexibility index (Phi) is 10.3. The van der Waals surface area contributed by atoms with Crippen molar-refractivity contribution in [1.29, 1.82) is 0 Å². The Hall–Kier alpha value is -0.197. The standard InChI is InChI=1S/C4H4.CHF3O3S.Rh/c1-3-4-2;2-1(3,4)8(5,6)7;/h1-4H;(H,5,6,7);/q-2;;+3/p-1. The maximum atomic E-state index is 10.7. The van der Waals surface area contributed by atoms with Gasteiger partial charge in [0.15, 0.2) is 10.1 Å². The largest absolute Gasteiger partial charge is 3.00 e. The predicted octanol–water partition coefficient (Wildman–Crippen LogP) is 1.01. The minimum absolute atomic E-state index is 0. The fourth-order valence-corrected chi connectivity index (χ4v) is 0. The molecular formula is C5H4F3O3RhS. The zero-order chi connectivity index (χ0) is 10.4. The molecule has 0 aliphatic heterocycles. The van der Waals surface area contributed by atoms with E-state index in [9.17, 15) is 13.2 Å². The molecule has 0 aromatic heterocycles. The molecule has 13 heavy (non-hydrogen) atoms. The molecule has 0 N–H and O–H groups in total. The molecule has 0 radical (unpaired) electrons. The average molecular weight is 304 g/mol. The van der Waals surface area contributed by atoms with Gasteiger partial charge in [0.05, 0.1) is 0 Å². The Morgan fingerprint density at radius 1 is 1.15 bits per heavy atom. The normalized spacial score (nSPS) is 10.2. The first-order chi connectivity index (χ1) is 5.16. The second-order valence-electron chi connectivity index (χ2n) is 1.28. The molecule has 0 aromatic carbocycles. The molecule has 0 aliphatic rings. The summed E-state index contributed by atoms with van der Waals surface area (Å²) in [6.07, 6.45) is 2.56. The van der Waals surface area contributed by atoms with Crippen molar-refractivity contribution in [1.82, 2.24) is 0 Å². The molecule has 0 aliphatic carbocycles. The van der Waals surface area contributed by atoms with Crippen molar-refractivity contribution >= 4 is 10.1 Å². The summed E-state index contributed by atoms with van der Waals surface area (Å²) in [5.41, 5.74) is -5.65. The van der Waals surface area contributed by atoms with Gasteiger partial charge in [-0.1, -0.05) is 0 Å². The zero-order valence-corrected chi connectivity index (χ0v) is 8.36. The maximum Gasteiger partial charge on any atom is 3.00 e. The summed E-state index contributed by atoms with van der Waals surface area (Å²) in [5, 5.41) is 0. The van der Waals surface area contributed by atoms with Gasteiger partial charge in [0, 0.05) is 0 Å². The van der Waals surface area contributed by atoms with E-state index in [0.29, 0.717) is 0 Å². The monoisotopic (exact) mass is 304 g/mol. The van der Waals surface area contributed by atoms with Gasteiger partial charge in [0.2, 0.25) is 0 Å². The number of hydrogen-bond acceptors (Lipinski definition) is 3. The van der Waals surface area contributed by atoms with Gasteiger partial charge in [0.25, 0.3) is 0 Å². The Balaban J connectivity index is -0.000000173. The van der Waals surface area contributed by atoms with Crippen molar-refractivity contribution in [3.63, 3.8) is 0 Å². The maximum absolute atomic E-state index is 10.7. The van der Waals surface area contributed by atoms with Crippen LogP contribution >= 0.6 is 0 Å². The first kappa shape index (κ1) is 18.6. The molecule has 0 unspecified atom stereocenters. The molecular weight excluding hydrogens is 300 g/mol. The summed E-state index contributed by atoms with van der Waals surface area (Å²) < 4.78 is 58.9. The molecule has 0 spiro atoms. The van der Waals surface area contributed by atoms with Crippen LogP contribution in [0.3, 0.4) is 0 Å². The molecule has 0 atom stereocenters. The number of rotatable bonds is 1. The summed E-state index contributed by atoms with van der Waals surface area (Å²) >= 11 is 0. The van der Waals surface area contributed by atoms with Gasteiger partial charge in [-0.2, -0.15) is 13.2 Å². The second-order valence-corrected chi connectivity index (χ2v) is 2.66. The molecule has 3 nitrogen and oxygen atoms in total. The number of allylic oxidation sites excluding steroid dienone is 2. The molecule has 0 aromatic rings. The molecule has 0 fully saturated rings. The molecule has 0 saturated heterocycles. The van der Waals surface area contributed by atoms with Gasteiger partial charge >= 0.3 is 25.0 Å². The van der Waals surface area contributed by atoms with Crippen LogP contribution in [-0.2, 0) is 29.6 Å². The van der Waals surface area contributed by atoms with Crippen LogP contribution in [0, 0.1) is 13.2 Å². The number of alkyl halides is 3. The SMILES string of the molecule is O=S(=O)([O-])C(F)(F)F.[CH-]=CC=[CH-].[Rh+3]. The summed E-state index contributed by atoms with van der Waals surface area (Å²) in [7, 11) is -6.09. The number of halogens is 3. The van der Waals surface area contributed by atoms with Crippen molar-refractivity contribution in [2.75, 3.05) is 0 Å². The molecule has 8 heteroatoms. The van der Waals surface area contributed by atoms with Crippen molar-refractivity contribution < 1.29 is 45.6 Å². The van der Waals surface area contributed by atoms with E-state index in [2.05, 4.69) is 0 Å². The van der Waals surface area contributed by atoms with Crippen LogP contribution in [0.5, 0.6) is 0 Å². The summed E-state index contributed by atoms with van der Waals surface area (Å²) in [6, 6.07) is 0. The fraction of sp³-hybridized carbons (Fsp3) is 0.200. The topological polar surface area (TPSA) is 57.2 Å². The van der Waals surface area contributed by atoms with Gasteiger partial charge in [-0.3, -0.25) is 0 Å². The molecule has 78 valence electrons. The third-order valence-corrected chi connectivity index (χ3v) is 0.962. The van der Waals surface area contributed by atoms with Crippen molar-refractivity contribution in [2.45, 2.75) is 5.51 Å². The van der Waals surface area contributed by atoms with Crippen molar-refractivity contribution in [2.24, 2.45) is 0 Å². The summed E-state index contributed by atoms with van der Waals surface area (Å²) in [5.74, 6) is 0. The van der Waals surface area contributed by atoms with E-state index in [1.807, 2.05) is 0 Å². The second kappa shape index (κ2) is 7.23. The average Bonchev–Trinajstić information content (AvgIpc) is 1.84. The van der Waals surface area contributed by atoms with Gasteiger partial charge in [-0.05, 0) is 0 Å². The Morgan fingerprint density at radius 3 is 1.31 bits per heavy atom. The zero-order valence-electron chi connectivity index (χ0n) is 5.91. The fourth-order valence-electron chi connectivity index (χ4n) is 0. The van der Waals surface area contributed by atoms with Crippen LogP contribution in [0.1, 0.15) is 0 Å². The quantitative estimate of drug-likeness (QED) is 0.239. The molecule has 0 rings (SSSR count). The van der Waals surface area contributed by atoms with Crippen LogP contribution in [0.2, 0.25) is 0 Å². The van der Waals surface area contributed by atoms with Crippen LogP contribution in [-0.4, -0.2) is 18.5 Å². The Labute approximate surface area is 86.8 Å². The Bertz CT molecular complexity index is 238. The van der Waals surface area contributed by atoms with Gasteiger partial charge in [0.1, 0.15) is 0 Å². The van der Waals surface area contributed by atoms with E-state index in [1.54, 1.807) is 0 Å². The first-order valence-corrected chi connectivity index (χ1v) is 3.68. The van der Waals surface area contributed by atoms with E-state index in [-0.39, 0.29) is 19.5 Å². The van der Waals surface area contributed by atoms with E-state index in [1.165, 1.54) is 12.2 Å². The molecule has 0 bridgehead atoms. The summed E-state index contributed by atoms with van der Waals surface area (Å²) in [4.78, 5) is 0. The van der Waals surface area contributed by atoms with Crippen LogP contribution in [0.15, 0.2) is 12.2 Å². The van der Waals surface area contributed by atoms with Gasteiger partial charge in [-0.25, -0.2) is 8.42 Å². The number of hydrogen-bond donors (Lipinski definition) is 0. The van der Waals surface area contributed by atoms with Crippen LogP contribution in [0.25, 0.3) is 0 Å². The smallest absolute Gasteiger partial charge is 0.741 e. The minimum atomic E-state index is -6.09. The summed E-state index contributed by atoms with van der Waals surface area (Å²) in [6.45, 7) is 9.44. The minimum Gasteiger partial charge on any atom is -0.741 e. The molecule has 0 saturated carbocycles. The van der Waals surface area contributed by atoms with Crippen LogP contribution in [0.4, 0.5) is 13.2 Å². The first-order valence-electron chi connectivity index (χ1n) is 2.27.